The number of hydrogen-bond donors (Lipinski definition) is 0. The maximum Gasteiger partial charge on any atom is 0.181 e. The molecule has 24 heavy (non-hydrogen) atoms. The van der Waals surface area contributed by atoms with Crippen molar-refractivity contribution in [1.29, 1.82) is 0 Å². The Morgan fingerprint density at radius 2 is 1.75 bits per heavy atom. The summed E-state index contributed by atoms with van der Waals surface area (Å²) in [5.41, 5.74) is 1.45. The molecule has 2 saturated carbocycles. The topological polar surface area (TPSA) is 27.7 Å². The fraction of sp³-hybridized carbons (Fsp3) is 0.619. The van der Waals surface area contributed by atoms with E-state index in [1.165, 1.54) is 12.0 Å². The average Bonchev–Trinajstić information content (AvgIpc) is 3.29. The zero-order valence-corrected chi connectivity index (χ0v) is 14.5. The molecule has 0 amide bonds. The lowest BCUT2D eigenvalue weighted by atomic mass is 9.81. The van der Waals surface area contributed by atoms with Gasteiger partial charge in [0.25, 0.3) is 0 Å². The number of ether oxygens (including phenoxy) is 3. The summed E-state index contributed by atoms with van der Waals surface area (Å²) >= 11 is 0. The van der Waals surface area contributed by atoms with Crippen LogP contribution in [-0.2, 0) is 20.8 Å². The molecule has 1 heterocycles. The quantitative estimate of drug-likeness (QED) is 0.791. The monoisotopic (exact) mass is 326 g/mol. The normalized spacial score (nSPS) is 40.5. The maximum atomic E-state index is 6.53. The molecule has 1 saturated heterocycles. The van der Waals surface area contributed by atoms with Gasteiger partial charge in [0.2, 0.25) is 0 Å². The van der Waals surface area contributed by atoms with Crippen LogP contribution in [0.25, 0.3) is 0 Å². The largest absolute Gasteiger partial charge is 0.373 e. The molecule has 1 aromatic carbocycles. The van der Waals surface area contributed by atoms with E-state index in [9.17, 15) is 0 Å². The molecule has 0 radical (unpaired) electrons. The minimum Gasteiger partial charge on any atom is -0.373 e. The van der Waals surface area contributed by atoms with E-state index >= 15 is 0 Å². The van der Waals surface area contributed by atoms with Gasteiger partial charge in [0, 0.05) is 17.8 Å². The van der Waals surface area contributed by atoms with E-state index in [0.29, 0.717) is 30.3 Å². The number of hydrogen-bond acceptors (Lipinski definition) is 3. The zero-order chi connectivity index (χ0) is 16.4. The third-order valence-corrected chi connectivity index (χ3v) is 6.72. The maximum absolute atomic E-state index is 6.53. The van der Waals surface area contributed by atoms with Crippen molar-refractivity contribution in [2.24, 2.45) is 29.1 Å². The highest BCUT2D eigenvalue weighted by Crippen LogP contribution is 2.67. The van der Waals surface area contributed by atoms with Crippen molar-refractivity contribution in [1.82, 2.24) is 0 Å². The molecule has 3 aliphatic carbocycles. The second-order valence-electron chi connectivity index (χ2n) is 8.51. The molecule has 3 fully saturated rings. The molecule has 0 unspecified atom stereocenters. The van der Waals surface area contributed by atoms with Gasteiger partial charge in [-0.1, -0.05) is 56.3 Å². The summed E-state index contributed by atoms with van der Waals surface area (Å²) in [6, 6.07) is 10.5. The first kappa shape index (κ1) is 15.1. The molecule has 5 rings (SSSR count). The van der Waals surface area contributed by atoms with Crippen LogP contribution in [0.4, 0.5) is 0 Å². The summed E-state index contributed by atoms with van der Waals surface area (Å²) in [5.74, 6) is 1.50. The van der Waals surface area contributed by atoms with Crippen LogP contribution in [0.2, 0.25) is 0 Å². The lowest BCUT2D eigenvalue weighted by Crippen LogP contribution is -2.42. The smallest absolute Gasteiger partial charge is 0.181 e. The van der Waals surface area contributed by atoms with Crippen LogP contribution in [-0.4, -0.2) is 25.1 Å². The molecule has 3 heteroatoms. The summed E-state index contributed by atoms with van der Waals surface area (Å²) in [6.07, 6.45) is 6.15. The van der Waals surface area contributed by atoms with E-state index in [1.807, 2.05) is 0 Å². The van der Waals surface area contributed by atoms with Gasteiger partial charge in [-0.15, -0.1) is 0 Å². The minimum atomic E-state index is -0.375. The van der Waals surface area contributed by atoms with E-state index < -0.39 is 0 Å². The SMILES string of the molecule is CC1(C)C[C@H]2[C@@H]([C@H]1OCc1ccccc1)[C@H]1C=C[C@@H]2C12OCCO2. The fourth-order valence-electron chi connectivity index (χ4n) is 5.92. The van der Waals surface area contributed by atoms with Crippen LogP contribution in [0.15, 0.2) is 42.5 Å². The standard InChI is InChI=1S/C21H26O3/c1-20(2)12-15-16-8-9-17(21(16)23-10-11-24-21)18(15)19(20)22-13-14-6-4-3-5-7-14/h3-9,15-19H,10-13H2,1-2H3/t15-,16+,17-,18-,19-/m1/s1. The molecule has 2 bridgehead atoms. The average molecular weight is 326 g/mol. The summed E-state index contributed by atoms with van der Waals surface area (Å²) in [6.45, 7) is 6.88. The van der Waals surface area contributed by atoms with Crippen molar-refractivity contribution >= 4 is 0 Å². The van der Waals surface area contributed by atoms with Crippen molar-refractivity contribution in [2.75, 3.05) is 13.2 Å². The van der Waals surface area contributed by atoms with Gasteiger partial charge in [0.15, 0.2) is 5.79 Å². The van der Waals surface area contributed by atoms with E-state index in [4.69, 9.17) is 14.2 Å². The minimum absolute atomic E-state index is 0.201. The Kier molecular flexibility index (Phi) is 3.26. The summed E-state index contributed by atoms with van der Waals surface area (Å²) < 4.78 is 18.9. The Bertz CT molecular complexity index is 644. The van der Waals surface area contributed by atoms with Crippen molar-refractivity contribution in [2.45, 2.75) is 38.8 Å². The molecule has 1 aromatic rings. The van der Waals surface area contributed by atoms with Crippen LogP contribution in [0.3, 0.4) is 0 Å². The molecule has 0 N–H and O–H groups in total. The molecule has 3 nitrogen and oxygen atoms in total. The summed E-state index contributed by atoms with van der Waals surface area (Å²) in [7, 11) is 0. The van der Waals surface area contributed by atoms with Crippen LogP contribution in [0, 0.1) is 29.1 Å². The summed E-state index contributed by atoms with van der Waals surface area (Å²) in [5, 5.41) is 0. The second kappa shape index (κ2) is 5.17. The van der Waals surface area contributed by atoms with Gasteiger partial charge in [-0.2, -0.15) is 0 Å². The molecule has 5 atom stereocenters. The molecule has 1 aliphatic heterocycles. The van der Waals surface area contributed by atoms with Crippen LogP contribution < -0.4 is 0 Å². The van der Waals surface area contributed by atoms with Gasteiger partial charge in [-0.05, 0) is 23.3 Å². The van der Waals surface area contributed by atoms with Gasteiger partial charge in [-0.25, -0.2) is 0 Å². The molecule has 4 aliphatic rings. The van der Waals surface area contributed by atoms with Crippen molar-refractivity contribution in [3.63, 3.8) is 0 Å². The van der Waals surface area contributed by atoms with E-state index in [1.54, 1.807) is 0 Å². The predicted octanol–water partition coefficient (Wildman–Crippen LogP) is 3.79. The Balaban J connectivity index is 1.41. The first-order valence-electron chi connectivity index (χ1n) is 9.24. The number of benzene rings is 1. The molecule has 1 spiro atoms. The Morgan fingerprint density at radius 1 is 1.04 bits per heavy atom. The van der Waals surface area contributed by atoms with Crippen molar-refractivity contribution < 1.29 is 14.2 Å². The third kappa shape index (κ3) is 1.95. The van der Waals surface area contributed by atoms with Crippen molar-refractivity contribution in [3.8, 4) is 0 Å². The van der Waals surface area contributed by atoms with Crippen LogP contribution in [0.1, 0.15) is 25.8 Å². The van der Waals surface area contributed by atoms with E-state index in [-0.39, 0.29) is 17.3 Å². The predicted molar refractivity (Wildman–Crippen MR) is 91.2 cm³/mol. The first-order chi connectivity index (χ1) is 11.6. The zero-order valence-electron chi connectivity index (χ0n) is 14.5. The third-order valence-electron chi connectivity index (χ3n) is 6.72. The lowest BCUT2D eigenvalue weighted by Gasteiger charge is -2.36. The fourth-order valence-corrected chi connectivity index (χ4v) is 5.92. The highest BCUT2D eigenvalue weighted by molar-refractivity contribution is 5.27. The molecule has 128 valence electrons. The van der Waals surface area contributed by atoms with Crippen molar-refractivity contribution in [3.05, 3.63) is 48.0 Å². The highest BCUT2D eigenvalue weighted by atomic mass is 16.7. The first-order valence-corrected chi connectivity index (χ1v) is 9.24. The van der Waals surface area contributed by atoms with Gasteiger partial charge in [-0.3, -0.25) is 0 Å². The van der Waals surface area contributed by atoms with Crippen LogP contribution >= 0.6 is 0 Å². The molecular weight excluding hydrogens is 300 g/mol. The lowest BCUT2D eigenvalue weighted by molar-refractivity contribution is -0.197. The van der Waals surface area contributed by atoms with E-state index in [2.05, 4.69) is 56.3 Å². The number of fused-ring (bicyclic) bond motifs is 3. The van der Waals surface area contributed by atoms with Crippen LogP contribution in [0.5, 0.6) is 0 Å². The van der Waals surface area contributed by atoms with Gasteiger partial charge >= 0.3 is 0 Å². The molecular formula is C21H26O3. The van der Waals surface area contributed by atoms with Gasteiger partial charge < -0.3 is 14.2 Å². The second-order valence-corrected chi connectivity index (χ2v) is 8.51. The Labute approximate surface area is 144 Å². The highest BCUT2D eigenvalue weighted by Gasteiger charge is 2.70. The Morgan fingerprint density at radius 3 is 2.50 bits per heavy atom. The van der Waals surface area contributed by atoms with E-state index in [0.717, 1.165) is 13.2 Å². The van der Waals surface area contributed by atoms with Gasteiger partial charge in [0.05, 0.1) is 25.9 Å². The van der Waals surface area contributed by atoms with Gasteiger partial charge in [0.1, 0.15) is 0 Å². The Hall–Kier alpha value is -1.16. The molecule has 0 aromatic heterocycles. The number of rotatable bonds is 3. The summed E-state index contributed by atoms with van der Waals surface area (Å²) in [4.78, 5) is 0.